The van der Waals surface area contributed by atoms with Crippen molar-refractivity contribution in [3.05, 3.63) is 29.8 Å². The van der Waals surface area contributed by atoms with Gasteiger partial charge in [0.2, 0.25) is 17.7 Å². The molecule has 0 radical (unpaired) electrons. The average Bonchev–Trinajstić information content (AvgIpc) is 2.64. The molecule has 10 nitrogen and oxygen atoms in total. The van der Waals surface area contributed by atoms with E-state index in [-0.39, 0.29) is 31.2 Å². The lowest BCUT2D eigenvalue weighted by molar-refractivity contribution is -0.142. The highest BCUT2D eigenvalue weighted by molar-refractivity contribution is 5.92. The molecule has 1 aromatic carbocycles. The molecule has 1 aromatic rings. The van der Waals surface area contributed by atoms with E-state index in [0.29, 0.717) is 5.56 Å². The number of benzene rings is 1. The first-order chi connectivity index (χ1) is 13.1. The van der Waals surface area contributed by atoms with Crippen LogP contribution in [0.15, 0.2) is 24.3 Å². The molecule has 0 saturated heterocycles. The Hall–Kier alpha value is -3.14. The van der Waals surface area contributed by atoms with E-state index in [9.17, 15) is 29.4 Å². The van der Waals surface area contributed by atoms with Gasteiger partial charge in [-0.15, -0.1) is 0 Å². The van der Waals surface area contributed by atoms with Gasteiger partial charge in [-0.25, -0.2) is 4.79 Å². The molecule has 0 bridgehead atoms. The largest absolute Gasteiger partial charge is 0.508 e. The fourth-order valence-electron chi connectivity index (χ4n) is 2.34. The highest BCUT2D eigenvalue weighted by Crippen LogP contribution is 2.12. The van der Waals surface area contributed by atoms with Gasteiger partial charge in [-0.2, -0.15) is 0 Å². The van der Waals surface area contributed by atoms with Crippen molar-refractivity contribution >= 4 is 23.7 Å². The van der Waals surface area contributed by atoms with Crippen LogP contribution in [0.25, 0.3) is 0 Å². The maximum Gasteiger partial charge on any atom is 0.326 e. The predicted octanol–water partition coefficient (Wildman–Crippen LogP) is -1.28. The van der Waals surface area contributed by atoms with Crippen molar-refractivity contribution < 1.29 is 29.4 Å². The molecule has 2 unspecified atom stereocenters. The summed E-state index contributed by atoms with van der Waals surface area (Å²) in [6, 6.07) is 3.75. The molecule has 7 N–H and O–H groups in total. The Morgan fingerprint density at radius 1 is 1.04 bits per heavy atom. The average molecular weight is 394 g/mol. The molecule has 10 heteroatoms. The number of phenolic OH excluding ortho intramolecular Hbond substituents is 1. The Morgan fingerprint density at radius 3 is 2.14 bits per heavy atom. The van der Waals surface area contributed by atoms with Gasteiger partial charge >= 0.3 is 5.97 Å². The lowest BCUT2D eigenvalue weighted by atomic mass is 10.0. The fourth-order valence-corrected chi connectivity index (χ4v) is 2.34. The highest BCUT2D eigenvalue weighted by Gasteiger charge is 2.28. The standard InChI is InChI=1S/C18H26N4O6/c1-10(2)16(22-15(25)9-20-14(24)8-19)17(26)21-13(18(27)28)7-11-3-5-12(23)6-4-11/h3-6,10,13,16,23H,7-9,19H2,1-2H3,(H,20,24)(H,21,26)(H,22,25)(H,27,28). The number of hydrogen-bond donors (Lipinski definition) is 6. The Balaban J connectivity index is 2.75. The summed E-state index contributed by atoms with van der Waals surface area (Å²) < 4.78 is 0. The van der Waals surface area contributed by atoms with Crippen LogP contribution in [0.2, 0.25) is 0 Å². The summed E-state index contributed by atoms with van der Waals surface area (Å²) in [6.07, 6.45) is 0.00662. The van der Waals surface area contributed by atoms with Gasteiger partial charge in [0.05, 0.1) is 13.1 Å². The van der Waals surface area contributed by atoms with E-state index in [1.165, 1.54) is 12.1 Å². The summed E-state index contributed by atoms with van der Waals surface area (Å²) >= 11 is 0. The lowest BCUT2D eigenvalue weighted by Gasteiger charge is -2.24. The zero-order chi connectivity index (χ0) is 21.3. The van der Waals surface area contributed by atoms with Gasteiger partial charge in [0.15, 0.2) is 0 Å². The molecular weight excluding hydrogens is 368 g/mol. The van der Waals surface area contributed by atoms with E-state index in [1.807, 2.05) is 0 Å². The maximum atomic E-state index is 12.5. The van der Waals surface area contributed by atoms with Crippen molar-refractivity contribution in [3.63, 3.8) is 0 Å². The third-order valence-corrected chi connectivity index (χ3v) is 3.89. The molecule has 28 heavy (non-hydrogen) atoms. The zero-order valence-electron chi connectivity index (χ0n) is 15.8. The molecule has 0 saturated carbocycles. The summed E-state index contributed by atoms with van der Waals surface area (Å²) in [5, 5.41) is 25.9. The molecule has 1 rings (SSSR count). The summed E-state index contributed by atoms with van der Waals surface area (Å²) in [5.74, 6) is -3.27. The van der Waals surface area contributed by atoms with Crippen LogP contribution in [0.5, 0.6) is 5.75 Å². The van der Waals surface area contributed by atoms with Gasteiger partial charge in [0.25, 0.3) is 0 Å². The quantitative estimate of drug-likeness (QED) is 0.287. The van der Waals surface area contributed by atoms with Crippen molar-refractivity contribution in [3.8, 4) is 5.75 Å². The molecule has 0 aliphatic carbocycles. The first-order valence-corrected chi connectivity index (χ1v) is 8.71. The SMILES string of the molecule is CC(C)C(NC(=O)CNC(=O)CN)C(=O)NC(Cc1ccc(O)cc1)C(=O)O. The molecule has 154 valence electrons. The topological polar surface area (TPSA) is 171 Å². The first-order valence-electron chi connectivity index (χ1n) is 8.71. The van der Waals surface area contributed by atoms with E-state index in [4.69, 9.17) is 5.73 Å². The number of aromatic hydroxyl groups is 1. The van der Waals surface area contributed by atoms with Crippen molar-refractivity contribution in [2.75, 3.05) is 13.1 Å². The van der Waals surface area contributed by atoms with Gasteiger partial charge in [-0.05, 0) is 23.6 Å². The summed E-state index contributed by atoms with van der Waals surface area (Å²) in [5.41, 5.74) is 5.74. The zero-order valence-corrected chi connectivity index (χ0v) is 15.8. The number of carboxylic acid groups (broad SMARTS) is 1. The highest BCUT2D eigenvalue weighted by atomic mass is 16.4. The predicted molar refractivity (Wildman–Crippen MR) is 100 cm³/mol. The van der Waals surface area contributed by atoms with Crippen LogP contribution in [0.3, 0.4) is 0 Å². The van der Waals surface area contributed by atoms with Crippen LogP contribution < -0.4 is 21.7 Å². The Bertz CT molecular complexity index is 705. The van der Waals surface area contributed by atoms with Crippen molar-refractivity contribution in [1.82, 2.24) is 16.0 Å². The van der Waals surface area contributed by atoms with Crippen LogP contribution in [-0.2, 0) is 25.6 Å². The lowest BCUT2D eigenvalue weighted by Crippen LogP contribution is -2.55. The van der Waals surface area contributed by atoms with Gasteiger partial charge in [-0.3, -0.25) is 14.4 Å². The molecule has 0 fully saturated rings. The summed E-state index contributed by atoms with van der Waals surface area (Å²) in [6.45, 7) is 2.78. The normalized spacial score (nSPS) is 12.7. The first kappa shape index (κ1) is 22.9. The van der Waals surface area contributed by atoms with E-state index >= 15 is 0 Å². The minimum absolute atomic E-state index is 0.00662. The number of phenols is 1. The third kappa shape index (κ3) is 7.62. The minimum Gasteiger partial charge on any atom is -0.508 e. The molecule has 0 aliphatic rings. The van der Waals surface area contributed by atoms with Crippen molar-refractivity contribution in [2.24, 2.45) is 11.7 Å². The Morgan fingerprint density at radius 2 is 1.64 bits per heavy atom. The molecular formula is C18H26N4O6. The number of rotatable bonds is 10. The van der Waals surface area contributed by atoms with Crippen LogP contribution in [0, 0.1) is 5.92 Å². The number of carboxylic acids is 1. The van der Waals surface area contributed by atoms with E-state index in [0.717, 1.165) is 0 Å². The molecule has 0 aromatic heterocycles. The number of hydrogen-bond acceptors (Lipinski definition) is 6. The number of nitrogens with two attached hydrogens (primary N) is 1. The monoisotopic (exact) mass is 394 g/mol. The summed E-state index contributed by atoms with van der Waals surface area (Å²) in [4.78, 5) is 47.1. The maximum absolute atomic E-state index is 12.5. The second kappa shape index (κ2) is 10.9. The van der Waals surface area contributed by atoms with E-state index in [2.05, 4.69) is 16.0 Å². The summed E-state index contributed by atoms with van der Waals surface area (Å²) in [7, 11) is 0. The minimum atomic E-state index is -1.23. The van der Waals surface area contributed by atoms with Gasteiger partial charge in [0.1, 0.15) is 17.8 Å². The second-order valence-electron chi connectivity index (χ2n) is 6.54. The molecule has 0 aliphatic heterocycles. The van der Waals surface area contributed by atoms with Crippen molar-refractivity contribution in [1.29, 1.82) is 0 Å². The molecule has 0 spiro atoms. The molecule has 3 amide bonds. The van der Waals surface area contributed by atoms with Crippen molar-refractivity contribution in [2.45, 2.75) is 32.4 Å². The fraction of sp³-hybridized carbons (Fsp3) is 0.444. The van der Waals surface area contributed by atoms with E-state index < -0.39 is 35.8 Å². The Labute approximate surface area is 162 Å². The molecule has 2 atom stereocenters. The third-order valence-electron chi connectivity index (χ3n) is 3.89. The number of amides is 3. The van der Waals surface area contributed by atoms with Gasteiger partial charge in [0, 0.05) is 6.42 Å². The number of carbonyl (C=O) groups excluding carboxylic acids is 3. The number of nitrogens with one attached hydrogen (secondary N) is 3. The number of aliphatic carboxylic acids is 1. The van der Waals surface area contributed by atoms with Crippen LogP contribution in [0.1, 0.15) is 19.4 Å². The molecule has 0 heterocycles. The van der Waals surface area contributed by atoms with E-state index in [1.54, 1.807) is 26.0 Å². The van der Waals surface area contributed by atoms with Crippen LogP contribution >= 0.6 is 0 Å². The number of carbonyl (C=O) groups is 4. The van der Waals surface area contributed by atoms with Gasteiger partial charge < -0.3 is 31.9 Å². The van der Waals surface area contributed by atoms with Crippen LogP contribution in [-0.4, -0.2) is 59.1 Å². The second-order valence-corrected chi connectivity index (χ2v) is 6.54. The Kier molecular flexibility index (Phi) is 8.89. The van der Waals surface area contributed by atoms with Gasteiger partial charge in [-0.1, -0.05) is 26.0 Å². The smallest absolute Gasteiger partial charge is 0.326 e. The van der Waals surface area contributed by atoms with Crippen LogP contribution in [0.4, 0.5) is 0 Å².